The summed E-state index contributed by atoms with van der Waals surface area (Å²) in [6, 6.07) is 0. The van der Waals surface area contributed by atoms with Crippen LogP contribution >= 0.6 is 0 Å². The third kappa shape index (κ3) is 2.17. The number of hydrogen-bond acceptors (Lipinski definition) is 2. The molecule has 2 aliphatic heterocycles. The molecule has 14 heavy (non-hydrogen) atoms. The Bertz CT molecular complexity index is 200. The summed E-state index contributed by atoms with van der Waals surface area (Å²) in [4.78, 5) is 11.8. The van der Waals surface area contributed by atoms with Crippen LogP contribution in [-0.2, 0) is 9.53 Å². The molecule has 0 radical (unpaired) electrons. The molecule has 0 saturated carbocycles. The van der Waals surface area contributed by atoms with Gasteiger partial charge in [0.2, 0.25) is 0 Å². The highest BCUT2D eigenvalue weighted by Crippen LogP contribution is 2.36. The first-order valence-corrected chi connectivity index (χ1v) is 5.97. The molecule has 2 bridgehead atoms. The maximum Gasteiger partial charge on any atom is 0.136 e. The maximum absolute atomic E-state index is 11.8. The van der Waals surface area contributed by atoms with E-state index in [1.54, 1.807) is 0 Å². The van der Waals surface area contributed by atoms with E-state index in [1.807, 2.05) is 0 Å². The Kier molecular flexibility index (Phi) is 3.22. The number of hydrogen-bond donors (Lipinski definition) is 0. The monoisotopic (exact) mass is 196 g/mol. The third-order valence-corrected chi connectivity index (χ3v) is 3.52. The highest BCUT2D eigenvalue weighted by atomic mass is 16.5. The molecule has 2 aliphatic rings. The molecule has 0 aromatic rings. The van der Waals surface area contributed by atoms with Gasteiger partial charge >= 0.3 is 0 Å². The van der Waals surface area contributed by atoms with Gasteiger partial charge in [0, 0.05) is 12.3 Å². The SMILES string of the molecule is CCCCC(=O)C1CC2CCC(C1)O2. The summed E-state index contributed by atoms with van der Waals surface area (Å²) in [7, 11) is 0. The zero-order valence-corrected chi connectivity index (χ0v) is 9.00. The van der Waals surface area contributed by atoms with E-state index in [1.165, 1.54) is 12.8 Å². The second-order valence-corrected chi connectivity index (χ2v) is 4.70. The lowest BCUT2D eigenvalue weighted by molar-refractivity contribution is -0.128. The number of Topliss-reactive ketones (excluding diaryl/α,β-unsaturated/α-hetero) is 1. The molecule has 80 valence electrons. The van der Waals surface area contributed by atoms with Gasteiger partial charge < -0.3 is 4.74 Å². The quantitative estimate of drug-likeness (QED) is 0.691. The van der Waals surface area contributed by atoms with E-state index in [2.05, 4.69) is 6.92 Å². The van der Waals surface area contributed by atoms with Crippen molar-refractivity contribution in [2.75, 3.05) is 0 Å². The summed E-state index contributed by atoms with van der Waals surface area (Å²) in [6.45, 7) is 2.14. The Morgan fingerprint density at radius 1 is 1.29 bits per heavy atom. The van der Waals surface area contributed by atoms with Crippen molar-refractivity contribution in [3.8, 4) is 0 Å². The van der Waals surface area contributed by atoms with Crippen molar-refractivity contribution in [3.63, 3.8) is 0 Å². The molecule has 0 aliphatic carbocycles. The summed E-state index contributed by atoms with van der Waals surface area (Å²) < 4.78 is 5.73. The molecule has 0 spiro atoms. The first kappa shape index (κ1) is 10.2. The van der Waals surface area contributed by atoms with Crippen molar-refractivity contribution in [2.45, 2.75) is 64.1 Å². The summed E-state index contributed by atoms with van der Waals surface area (Å²) in [5, 5.41) is 0. The summed E-state index contributed by atoms with van der Waals surface area (Å²) >= 11 is 0. The average molecular weight is 196 g/mol. The van der Waals surface area contributed by atoms with E-state index < -0.39 is 0 Å². The summed E-state index contributed by atoms with van der Waals surface area (Å²) in [5.41, 5.74) is 0. The van der Waals surface area contributed by atoms with Crippen LogP contribution in [0.1, 0.15) is 51.9 Å². The van der Waals surface area contributed by atoms with E-state index in [4.69, 9.17) is 4.74 Å². The Morgan fingerprint density at radius 3 is 2.50 bits per heavy atom. The first-order chi connectivity index (χ1) is 6.79. The van der Waals surface area contributed by atoms with Gasteiger partial charge in [-0.15, -0.1) is 0 Å². The van der Waals surface area contributed by atoms with Gasteiger partial charge in [-0.1, -0.05) is 13.3 Å². The van der Waals surface area contributed by atoms with Crippen molar-refractivity contribution >= 4 is 5.78 Å². The van der Waals surface area contributed by atoms with Crippen molar-refractivity contribution in [1.29, 1.82) is 0 Å². The molecule has 0 aromatic carbocycles. The fourth-order valence-electron chi connectivity index (χ4n) is 2.68. The predicted octanol–water partition coefficient (Wildman–Crippen LogP) is 2.70. The fourth-order valence-corrected chi connectivity index (χ4v) is 2.68. The van der Waals surface area contributed by atoms with E-state index in [-0.39, 0.29) is 0 Å². The minimum atomic E-state index is 0.327. The van der Waals surface area contributed by atoms with Crippen molar-refractivity contribution in [2.24, 2.45) is 5.92 Å². The van der Waals surface area contributed by atoms with Gasteiger partial charge in [-0.3, -0.25) is 4.79 Å². The van der Waals surface area contributed by atoms with Crippen LogP contribution in [-0.4, -0.2) is 18.0 Å². The maximum atomic E-state index is 11.8. The van der Waals surface area contributed by atoms with Gasteiger partial charge in [0.1, 0.15) is 5.78 Å². The minimum Gasteiger partial charge on any atom is -0.375 e. The molecule has 2 heterocycles. The zero-order valence-electron chi connectivity index (χ0n) is 9.00. The molecule has 2 saturated heterocycles. The van der Waals surface area contributed by atoms with Crippen LogP contribution in [0.3, 0.4) is 0 Å². The van der Waals surface area contributed by atoms with Crippen molar-refractivity contribution < 1.29 is 9.53 Å². The molecule has 2 rings (SSSR count). The number of carbonyl (C=O) groups excluding carboxylic acids is 1. The summed E-state index contributed by atoms with van der Waals surface area (Å²) in [5.74, 6) is 0.819. The Labute approximate surface area is 86.0 Å². The van der Waals surface area contributed by atoms with Crippen molar-refractivity contribution in [3.05, 3.63) is 0 Å². The second-order valence-electron chi connectivity index (χ2n) is 4.70. The highest BCUT2D eigenvalue weighted by molar-refractivity contribution is 5.81. The Balaban J connectivity index is 1.83. The van der Waals surface area contributed by atoms with Crippen LogP contribution < -0.4 is 0 Å². The molecule has 2 nitrogen and oxygen atoms in total. The van der Waals surface area contributed by atoms with Crippen LogP contribution in [0.2, 0.25) is 0 Å². The van der Waals surface area contributed by atoms with E-state index in [0.29, 0.717) is 23.9 Å². The van der Waals surface area contributed by atoms with E-state index >= 15 is 0 Å². The van der Waals surface area contributed by atoms with E-state index in [0.717, 1.165) is 32.1 Å². The standard InChI is InChI=1S/C12H20O2/c1-2-3-4-12(13)9-7-10-5-6-11(8-9)14-10/h9-11H,2-8H2,1H3. The Hall–Kier alpha value is -0.370. The molecule has 2 fully saturated rings. The van der Waals surface area contributed by atoms with E-state index in [9.17, 15) is 4.79 Å². The Morgan fingerprint density at radius 2 is 1.93 bits per heavy atom. The van der Waals surface area contributed by atoms with Gasteiger partial charge in [0.05, 0.1) is 12.2 Å². The van der Waals surface area contributed by atoms with Crippen LogP contribution in [0.5, 0.6) is 0 Å². The van der Waals surface area contributed by atoms with Crippen LogP contribution in [0.25, 0.3) is 0 Å². The number of ether oxygens (including phenoxy) is 1. The molecule has 0 N–H and O–H groups in total. The molecule has 0 aromatic heterocycles. The molecule has 2 atom stereocenters. The lowest BCUT2D eigenvalue weighted by Crippen LogP contribution is -2.29. The number of unbranched alkanes of at least 4 members (excludes halogenated alkanes) is 1. The number of rotatable bonds is 4. The lowest BCUT2D eigenvalue weighted by atomic mass is 9.89. The fraction of sp³-hybridized carbons (Fsp3) is 0.917. The smallest absolute Gasteiger partial charge is 0.136 e. The van der Waals surface area contributed by atoms with Gasteiger partial charge in [0.15, 0.2) is 0 Å². The molecule has 2 heteroatoms. The molecule has 2 unspecified atom stereocenters. The van der Waals surface area contributed by atoms with Gasteiger partial charge in [-0.25, -0.2) is 0 Å². The zero-order chi connectivity index (χ0) is 9.97. The van der Waals surface area contributed by atoms with Gasteiger partial charge in [-0.05, 0) is 32.1 Å². The molecule has 0 amide bonds. The predicted molar refractivity (Wildman–Crippen MR) is 55.2 cm³/mol. The van der Waals surface area contributed by atoms with Gasteiger partial charge in [-0.2, -0.15) is 0 Å². The average Bonchev–Trinajstić information content (AvgIpc) is 2.54. The van der Waals surface area contributed by atoms with Crippen LogP contribution in [0.4, 0.5) is 0 Å². The van der Waals surface area contributed by atoms with Crippen LogP contribution in [0, 0.1) is 5.92 Å². The lowest BCUT2D eigenvalue weighted by Gasteiger charge is -2.27. The number of carbonyl (C=O) groups is 1. The number of fused-ring (bicyclic) bond motifs is 2. The topological polar surface area (TPSA) is 26.3 Å². The summed E-state index contributed by atoms with van der Waals surface area (Å²) in [6.07, 6.45) is 8.16. The highest BCUT2D eigenvalue weighted by Gasteiger charge is 2.37. The van der Waals surface area contributed by atoms with Crippen molar-refractivity contribution in [1.82, 2.24) is 0 Å². The molecular formula is C12H20O2. The second kappa shape index (κ2) is 4.43. The minimum absolute atomic E-state index is 0.327. The normalized spacial score (nSPS) is 35.9. The largest absolute Gasteiger partial charge is 0.375 e. The molecular weight excluding hydrogens is 176 g/mol. The number of ketones is 1. The third-order valence-electron chi connectivity index (χ3n) is 3.52. The van der Waals surface area contributed by atoms with Crippen LogP contribution in [0.15, 0.2) is 0 Å². The first-order valence-electron chi connectivity index (χ1n) is 5.97. The van der Waals surface area contributed by atoms with Gasteiger partial charge in [0.25, 0.3) is 0 Å².